The Balaban J connectivity index is 1.45. The lowest BCUT2D eigenvalue weighted by molar-refractivity contribution is -0.121. The second-order valence-corrected chi connectivity index (χ2v) is 9.81. The molecule has 0 bridgehead atoms. The van der Waals surface area contributed by atoms with Crippen molar-refractivity contribution in [3.05, 3.63) is 59.9 Å². The van der Waals surface area contributed by atoms with E-state index in [2.05, 4.69) is 22.3 Å². The number of hydrogen-bond acceptors (Lipinski definition) is 4. The molecule has 3 rings (SSSR count). The second-order valence-electron chi connectivity index (χ2n) is 7.91. The first-order valence-corrected chi connectivity index (χ1v) is 12.5. The molecular formula is C23H30FN3O3S. The van der Waals surface area contributed by atoms with Crippen LogP contribution in [0, 0.1) is 5.82 Å². The summed E-state index contributed by atoms with van der Waals surface area (Å²) in [5, 5.41) is 2.89. The van der Waals surface area contributed by atoms with Gasteiger partial charge in [-0.1, -0.05) is 12.1 Å². The average Bonchev–Trinajstić information content (AvgIpc) is 2.76. The van der Waals surface area contributed by atoms with Gasteiger partial charge in [-0.05, 0) is 67.6 Å². The summed E-state index contributed by atoms with van der Waals surface area (Å²) in [5.74, 6) is -0.562. The maximum absolute atomic E-state index is 13.1. The molecule has 168 valence electrons. The Bertz CT molecular complexity index is 957. The highest BCUT2D eigenvalue weighted by molar-refractivity contribution is 7.92. The van der Waals surface area contributed by atoms with E-state index in [1.165, 1.54) is 53.5 Å². The molecule has 0 unspecified atom stereocenters. The van der Waals surface area contributed by atoms with Crippen LogP contribution in [0.15, 0.2) is 48.5 Å². The van der Waals surface area contributed by atoms with Crippen LogP contribution in [-0.4, -0.2) is 40.2 Å². The first-order chi connectivity index (χ1) is 14.8. The minimum Gasteiger partial charge on any atom is -0.372 e. The van der Waals surface area contributed by atoms with E-state index in [0.717, 1.165) is 24.9 Å². The molecule has 6 nitrogen and oxygen atoms in total. The zero-order chi connectivity index (χ0) is 22.3. The van der Waals surface area contributed by atoms with E-state index >= 15 is 0 Å². The van der Waals surface area contributed by atoms with E-state index in [1.54, 1.807) is 0 Å². The summed E-state index contributed by atoms with van der Waals surface area (Å²) in [6, 6.07) is 13.5. The molecule has 1 aliphatic heterocycles. The Hall–Kier alpha value is -2.61. The summed E-state index contributed by atoms with van der Waals surface area (Å²) in [7, 11) is -3.52. The van der Waals surface area contributed by atoms with Crippen LogP contribution < -0.4 is 14.5 Å². The van der Waals surface area contributed by atoms with Crippen LogP contribution in [0.3, 0.4) is 0 Å². The van der Waals surface area contributed by atoms with Crippen molar-refractivity contribution < 1.29 is 17.6 Å². The highest BCUT2D eigenvalue weighted by Crippen LogP contribution is 2.21. The summed E-state index contributed by atoms with van der Waals surface area (Å²) in [6.07, 6.45) is 5.44. The van der Waals surface area contributed by atoms with Gasteiger partial charge in [0, 0.05) is 38.3 Å². The Kier molecular flexibility index (Phi) is 7.90. The average molecular weight is 448 g/mol. The molecule has 0 spiro atoms. The number of benzene rings is 2. The Morgan fingerprint density at radius 3 is 2.29 bits per heavy atom. The van der Waals surface area contributed by atoms with Crippen molar-refractivity contribution in [1.82, 2.24) is 5.32 Å². The highest BCUT2D eigenvalue weighted by atomic mass is 32.2. The molecule has 8 heteroatoms. The molecule has 0 radical (unpaired) electrons. The van der Waals surface area contributed by atoms with Crippen molar-refractivity contribution >= 4 is 27.3 Å². The first-order valence-electron chi connectivity index (χ1n) is 10.7. The Morgan fingerprint density at radius 2 is 1.68 bits per heavy atom. The summed E-state index contributed by atoms with van der Waals surface area (Å²) in [6.45, 7) is 2.78. The number of rotatable bonds is 9. The quantitative estimate of drug-likeness (QED) is 0.637. The number of nitrogens with one attached hydrogen (secondary N) is 1. The van der Waals surface area contributed by atoms with Gasteiger partial charge in [0.15, 0.2) is 0 Å². The van der Waals surface area contributed by atoms with Crippen molar-refractivity contribution in [2.75, 3.05) is 35.1 Å². The topological polar surface area (TPSA) is 69.7 Å². The zero-order valence-corrected chi connectivity index (χ0v) is 18.7. The van der Waals surface area contributed by atoms with Crippen LogP contribution in [-0.2, 0) is 21.4 Å². The molecule has 1 fully saturated rings. The lowest BCUT2D eigenvalue weighted by atomic mass is 10.1. The molecule has 2 aromatic carbocycles. The van der Waals surface area contributed by atoms with E-state index in [4.69, 9.17) is 0 Å². The van der Waals surface area contributed by atoms with Gasteiger partial charge in [0.05, 0.1) is 11.9 Å². The molecule has 0 saturated carbocycles. The fraction of sp³-hybridized carbons (Fsp3) is 0.435. The molecule has 1 heterocycles. The van der Waals surface area contributed by atoms with Crippen molar-refractivity contribution in [1.29, 1.82) is 0 Å². The molecule has 1 N–H and O–H groups in total. The number of hydrogen-bond donors (Lipinski definition) is 1. The molecule has 1 amide bonds. The van der Waals surface area contributed by atoms with E-state index in [1.807, 2.05) is 12.1 Å². The van der Waals surface area contributed by atoms with Crippen molar-refractivity contribution in [3.8, 4) is 0 Å². The molecule has 1 aliphatic rings. The van der Waals surface area contributed by atoms with Gasteiger partial charge in [0.1, 0.15) is 5.82 Å². The highest BCUT2D eigenvalue weighted by Gasteiger charge is 2.17. The summed E-state index contributed by atoms with van der Waals surface area (Å²) >= 11 is 0. The number of carbonyl (C=O) groups is 1. The van der Waals surface area contributed by atoms with Crippen LogP contribution in [0.4, 0.5) is 15.8 Å². The van der Waals surface area contributed by atoms with Crippen LogP contribution in [0.2, 0.25) is 0 Å². The second kappa shape index (κ2) is 10.6. The molecule has 0 atom stereocenters. The van der Waals surface area contributed by atoms with Gasteiger partial charge >= 0.3 is 0 Å². The van der Waals surface area contributed by atoms with Crippen LogP contribution in [0.5, 0.6) is 0 Å². The number of anilines is 2. The van der Waals surface area contributed by atoms with Gasteiger partial charge in [-0.3, -0.25) is 9.10 Å². The number of nitrogens with zero attached hydrogens (tertiary/aromatic N) is 2. The lowest BCUT2D eigenvalue weighted by Gasteiger charge is -2.28. The predicted octanol–water partition coefficient (Wildman–Crippen LogP) is 3.68. The lowest BCUT2D eigenvalue weighted by Crippen LogP contribution is -2.32. The molecule has 0 aliphatic carbocycles. The van der Waals surface area contributed by atoms with Crippen molar-refractivity contribution in [2.24, 2.45) is 0 Å². The normalized spacial score (nSPS) is 14.3. The summed E-state index contributed by atoms with van der Waals surface area (Å²) in [4.78, 5) is 14.6. The maximum Gasteiger partial charge on any atom is 0.232 e. The zero-order valence-electron chi connectivity index (χ0n) is 17.9. The number of piperidine rings is 1. The third-order valence-electron chi connectivity index (χ3n) is 5.43. The van der Waals surface area contributed by atoms with Crippen LogP contribution in [0.25, 0.3) is 0 Å². The van der Waals surface area contributed by atoms with Gasteiger partial charge in [0.2, 0.25) is 15.9 Å². The van der Waals surface area contributed by atoms with E-state index < -0.39 is 15.8 Å². The SMILES string of the molecule is CS(=O)(=O)N(CCCC(=O)NCc1ccc(N2CCCCC2)cc1)c1ccc(F)cc1. The summed E-state index contributed by atoms with van der Waals surface area (Å²) < 4.78 is 38.5. The number of carbonyl (C=O) groups excluding carboxylic acids is 1. The van der Waals surface area contributed by atoms with Gasteiger partial charge in [-0.15, -0.1) is 0 Å². The fourth-order valence-electron chi connectivity index (χ4n) is 3.74. The van der Waals surface area contributed by atoms with Crippen LogP contribution in [0.1, 0.15) is 37.7 Å². The third-order valence-corrected chi connectivity index (χ3v) is 6.62. The predicted molar refractivity (Wildman–Crippen MR) is 122 cm³/mol. The number of halogens is 1. The van der Waals surface area contributed by atoms with E-state index in [-0.39, 0.29) is 18.9 Å². The minimum atomic E-state index is -3.52. The van der Waals surface area contributed by atoms with Gasteiger partial charge in [-0.2, -0.15) is 0 Å². The largest absolute Gasteiger partial charge is 0.372 e. The molecule has 2 aromatic rings. The minimum absolute atomic E-state index is 0.132. The molecular weight excluding hydrogens is 417 g/mol. The van der Waals surface area contributed by atoms with E-state index in [0.29, 0.717) is 18.7 Å². The number of sulfonamides is 1. The molecule has 1 saturated heterocycles. The van der Waals surface area contributed by atoms with Crippen LogP contribution >= 0.6 is 0 Å². The molecule has 0 aromatic heterocycles. The van der Waals surface area contributed by atoms with Crippen molar-refractivity contribution in [2.45, 2.75) is 38.6 Å². The Morgan fingerprint density at radius 1 is 1.03 bits per heavy atom. The third kappa shape index (κ3) is 6.95. The Labute approximate surface area is 184 Å². The van der Waals surface area contributed by atoms with Crippen molar-refractivity contribution in [3.63, 3.8) is 0 Å². The van der Waals surface area contributed by atoms with Gasteiger partial charge in [-0.25, -0.2) is 12.8 Å². The fourth-order valence-corrected chi connectivity index (χ4v) is 4.71. The first kappa shape index (κ1) is 23.1. The van der Waals surface area contributed by atoms with Gasteiger partial charge in [0.25, 0.3) is 0 Å². The number of amides is 1. The maximum atomic E-state index is 13.1. The monoisotopic (exact) mass is 447 g/mol. The standard InChI is InChI=1S/C23H30FN3O3S/c1-31(29,30)27(22-13-9-20(24)10-14-22)17-5-6-23(28)25-18-19-7-11-21(12-8-19)26-15-3-2-4-16-26/h7-14H,2-6,15-18H2,1H3,(H,25,28). The van der Waals surface area contributed by atoms with Gasteiger partial charge < -0.3 is 10.2 Å². The molecule has 31 heavy (non-hydrogen) atoms. The summed E-state index contributed by atoms with van der Waals surface area (Å²) in [5.41, 5.74) is 2.63. The smallest absolute Gasteiger partial charge is 0.232 e. The van der Waals surface area contributed by atoms with E-state index in [9.17, 15) is 17.6 Å².